The molecule has 0 bridgehead atoms. The molecule has 15 heavy (non-hydrogen) atoms. The summed E-state index contributed by atoms with van der Waals surface area (Å²) in [5.41, 5.74) is -0.215. The highest BCUT2D eigenvalue weighted by molar-refractivity contribution is 5.90. The van der Waals surface area contributed by atoms with E-state index in [1.165, 1.54) is 24.3 Å². The van der Waals surface area contributed by atoms with Crippen LogP contribution in [-0.2, 0) is 4.79 Å². The predicted molar refractivity (Wildman–Crippen MR) is 51.3 cm³/mol. The Kier molecular flexibility index (Phi) is 3.02. The van der Waals surface area contributed by atoms with E-state index in [2.05, 4.69) is 0 Å². The zero-order valence-corrected chi connectivity index (χ0v) is 7.45. The van der Waals surface area contributed by atoms with Gasteiger partial charge in [-0.25, -0.2) is 4.79 Å². The predicted octanol–water partition coefficient (Wildman–Crippen LogP) is 1.58. The Morgan fingerprint density at radius 1 is 1.33 bits per heavy atom. The summed E-state index contributed by atoms with van der Waals surface area (Å²) < 4.78 is 0. The van der Waals surface area contributed by atoms with Gasteiger partial charge in [0.15, 0.2) is 0 Å². The second-order valence-electron chi connectivity index (χ2n) is 2.65. The number of carboxylic acids is 1. The first kappa shape index (κ1) is 10.7. The third-order valence-corrected chi connectivity index (χ3v) is 1.64. The Morgan fingerprint density at radius 3 is 2.47 bits per heavy atom. The van der Waals surface area contributed by atoms with Gasteiger partial charge in [0.1, 0.15) is 0 Å². The van der Waals surface area contributed by atoms with Crippen molar-refractivity contribution in [1.29, 1.82) is 0 Å². The fraction of sp³-hybridized carbons (Fsp3) is 0. The molecule has 0 aliphatic carbocycles. The number of aliphatic hydroxyl groups is 1. The average Bonchev–Trinajstić information content (AvgIpc) is 2.18. The molecule has 78 valence electrons. The molecule has 0 radical (unpaired) electrons. The summed E-state index contributed by atoms with van der Waals surface area (Å²) in [6.07, 6.45) is 0.834. The second kappa shape index (κ2) is 4.23. The molecule has 2 N–H and O–H groups in total. The molecule has 0 heterocycles. The van der Waals surface area contributed by atoms with Crippen molar-refractivity contribution in [1.82, 2.24) is 0 Å². The van der Waals surface area contributed by atoms with Crippen LogP contribution in [0.4, 0.5) is 5.69 Å². The number of aliphatic hydroxyl groups excluding tert-OH is 1. The van der Waals surface area contributed by atoms with Crippen molar-refractivity contribution in [3.8, 4) is 0 Å². The van der Waals surface area contributed by atoms with E-state index >= 15 is 0 Å². The summed E-state index contributed by atoms with van der Waals surface area (Å²) in [6, 6.07) is 5.53. The van der Waals surface area contributed by atoms with Crippen molar-refractivity contribution in [3.05, 3.63) is 45.7 Å². The van der Waals surface area contributed by atoms with Crippen LogP contribution in [0, 0.1) is 10.1 Å². The molecule has 0 unspecified atom stereocenters. The first-order valence-corrected chi connectivity index (χ1v) is 3.89. The fourth-order valence-electron chi connectivity index (χ4n) is 0.985. The van der Waals surface area contributed by atoms with E-state index in [0.29, 0.717) is 0 Å². The SMILES string of the molecule is O=C(O)/C(O)=C/c1ccccc1[N+](=O)[O-]. The molecule has 0 aliphatic heterocycles. The summed E-state index contributed by atoms with van der Waals surface area (Å²) in [6.45, 7) is 0. The van der Waals surface area contributed by atoms with Gasteiger partial charge in [-0.3, -0.25) is 10.1 Å². The van der Waals surface area contributed by atoms with Crippen LogP contribution in [-0.4, -0.2) is 21.1 Å². The lowest BCUT2D eigenvalue weighted by molar-refractivity contribution is -0.385. The number of rotatable bonds is 3. The van der Waals surface area contributed by atoms with Crippen LogP contribution in [0.15, 0.2) is 30.0 Å². The highest BCUT2D eigenvalue weighted by Crippen LogP contribution is 2.19. The monoisotopic (exact) mass is 209 g/mol. The Morgan fingerprint density at radius 2 is 1.93 bits per heavy atom. The Balaban J connectivity index is 3.20. The summed E-state index contributed by atoms with van der Waals surface area (Å²) in [5.74, 6) is -2.47. The van der Waals surface area contributed by atoms with E-state index in [4.69, 9.17) is 10.2 Å². The minimum atomic E-state index is -1.53. The molecule has 0 spiro atoms. The van der Waals surface area contributed by atoms with Crippen LogP contribution in [0.1, 0.15) is 5.56 Å². The normalized spacial score (nSPS) is 11.1. The molecule has 0 atom stereocenters. The molecule has 1 aromatic carbocycles. The molecule has 6 nitrogen and oxygen atoms in total. The minimum absolute atomic E-state index is 0.0439. The van der Waals surface area contributed by atoms with E-state index in [-0.39, 0.29) is 11.3 Å². The van der Waals surface area contributed by atoms with Crippen LogP contribution >= 0.6 is 0 Å². The first-order chi connectivity index (χ1) is 7.02. The number of para-hydroxylation sites is 1. The van der Waals surface area contributed by atoms with E-state index in [0.717, 1.165) is 6.08 Å². The number of aliphatic carboxylic acids is 1. The second-order valence-corrected chi connectivity index (χ2v) is 2.65. The van der Waals surface area contributed by atoms with Gasteiger partial charge in [-0.2, -0.15) is 0 Å². The molecule has 0 aromatic heterocycles. The number of nitro benzene ring substituents is 1. The number of nitrogens with zero attached hydrogens (tertiary/aromatic N) is 1. The van der Waals surface area contributed by atoms with Crippen molar-refractivity contribution >= 4 is 17.7 Å². The zero-order valence-electron chi connectivity index (χ0n) is 7.45. The van der Waals surface area contributed by atoms with Crippen LogP contribution in [0.3, 0.4) is 0 Å². The van der Waals surface area contributed by atoms with Crippen molar-refractivity contribution < 1.29 is 19.9 Å². The maximum atomic E-state index is 10.5. The van der Waals surface area contributed by atoms with E-state index in [1.54, 1.807) is 0 Å². The van der Waals surface area contributed by atoms with Crippen LogP contribution in [0.25, 0.3) is 6.08 Å². The maximum Gasteiger partial charge on any atom is 0.370 e. The topological polar surface area (TPSA) is 101 Å². The van der Waals surface area contributed by atoms with Gasteiger partial charge >= 0.3 is 5.97 Å². The summed E-state index contributed by atoms with van der Waals surface area (Å²) in [7, 11) is 0. The van der Waals surface area contributed by atoms with E-state index in [1.807, 2.05) is 0 Å². The van der Waals surface area contributed by atoms with Crippen molar-refractivity contribution in [2.75, 3.05) is 0 Å². The number of carboxylic acid groups (broad SMARTS) is 1. The standard InChI is InChI=1S/C9H7NO5/c11-8(9(12)13)5-6-3-1-2-4-7(6)10(14)15/h1-5,11H,(H,12,13)/b8-5-. The van der Waals surface area contributed by atoms with Crippen LogP contribution < -0.4 is 0 Å². The highest BCUT2D eigenvalue weighted by Gasteiger charge is 2.12. The number of carbonyl (C=O) groups is 1. The Bertz CT molecular complexity index is 438. The van der Waals surface area contributed by atoms with Gasteiger partial charge in [0, 0.05) is 12.1 Å². The molecule has 0 saturated heterocycles. The largest absolute Gasteiger partial charge is 0.502 e. The van der Waals surface area contributed by atoms with Crippen LogP contribution in [0.2, 0.25) is 0 Å². The summed E-state index contributed by atoms with van der Waals surface area (Å²) in [5, 5.41) is 27.8. The molecular weight excluding hydrogens is 202 g/mol. The molecule has 6 heteroatoms. The van der Waals surface area contributed by atoms with Gasteiger partial charge in [-0.15, -0.1) is 0 Å². The lowest BCUT2D eigenvalue weighted by atomic mass is 10.1. The molecule has 0 aliphatic rings. The quantitative estimate of drug-likeness (QED) is 0.340. The number of hydrogen-bond acceptors (Lipinski definition) is 4. The maximum absolute atomic E-state index is 10.5. The third-order valence-electron chi connectivity index (χ3n) is 1.64. The van der Waals surface area contributed by atoms with Crippen molar-refractivity contribution in [3.63, 3.8) is 0 Å². The number of hydrogen-bond donors (Lipinski definition) is 2. The fourth-order valence-corrected chi connectivity index (χ4v) is 0.985. The molecule has 0 fully saturated rings. The minimum Gasteiger partial charge on any atom is -0.502 e. The highest BCUT2D eigenvalue weighted by atomic mass is 16.6. The average molecular weight is 209 g/mol. The molecule has 1 rings (SSSR count). The first-order valence-electron chi connectivity index (χ1n) is 3.89. The zero-order chi connectivity index (χ0) is 11.4. The lowest BCUT2D eigenvalue weighted by Crippen LogP contribution is -1.99. The molecular formula is C9H7NO5. The number of nitro groups is 1. The molecule has 0 amide bonds. The lowest BCUT2D eigenvalue weighted by Gasteiger charge is -1.97. The molecule has 0 saturated carbocycles. The van der Waals surface area contributed by atoms with Gasteiger partial charge in [0.2, 0.25) is 5.76 Å². The third kappa shape index (κ3) is 2.53. The van der Waals surface area contributed by atoms with Gasteiger partial charge in [-0.05, 0) is 6.07 Å². The van der Waals surface area contributed by atoms with Gasteiger partial charge < -0.3 is 10.2 Å². The Hall–Kier alpha value is -2.37. The van der Waals surface area contributed by atoms with E-state index in [9.17, 15) is 14.9 Å². The number of benzene rings is 1. The van der Waals surface area contributed by atoms with Gasteiger partial charge in [0.25, 0.3) is 5.69 Å². The van der Waals surface area contributed by atoms with Gasteiger partial charge in [-0.1, -0.05) is 12.1 Å². The van der Waals surface area contributed by atoms with Gasteiger partial charge in [0.05, 0.1) is 10.5 Å². The molecule has 1 aromatic rings. The smallest absolute Gasteiger partial charge is 0.370 e. The Labute approximate surface area is 84.2 Å². The van der Waals surface area contributed by atoms with E-state index < -0.39 is 16.7 Å². The van der Waals surface area contributed by atoms with Crippen LogP contribution in [0.5, 0.6) is 0 Å². The van der Waals surface area contributed by atoms with Crippen molar-refractivity contribution in [2.24, 2.45) is 0 Å². The summed E-state index contributed by atoms with van der Waals surface area (Å²) in [4.78, 5) is 20.2. The summed E-state index contributed by atoms with van der Waals surface area (Å²) >= 11 is 0. The van der Waals surface area contributed by atoms with Crippen molar-refractivity contribution in [2.45, 2.75) is 0 Å².